The highest BCUT2D eigenvalue weighted by molar-refractivity contribution is 7.89. The molecule has 1 N–H and O–H groups in total. The van der Waals surface area contributed by atoms with E-state index in [1.165, 1.54) is 10.5 Å². The summed E-state index contributed by atoms with van der Waals surface area (Å²) in [4.78, 5) is 25.2. The van der Waals surface area contributed by atoms with Crippen LogP contribution in [0.15, 0.2) is 47.6 Å². The van der Waals surface area contributed by atoms with Crippen molar-refractivity contribution >= 4 is 27.6 Å². The van der Waals surface area contributed by atoms with Crippen LogP contribution in [0.25, 0.3) is 0 Å². The topological polar surface area (TPSA) is 108 Å². The van der Waals surface area contributed by atoms with Crippen molar-refractivity contribution in [2.24, 2.45) is 0 Å². The third-order valence-corrected chi connectivity index (χ3v) is 7.49. The van der Waals surface area contributed by atoms with E-state index in [0.29, 0.717) is 45.1 Å². The van der Waals surface area contributed by atoms with E-state index in [4.69, 9.17) is 4.74 Å². The fourth-order valence-electron chi connectivity index (χ4n) is 3.75. The molecule has 172 valence electrons. The number of carbonyl (C=O) groups excluding carboxylic acids is 1. The van der Waals surface area contributed by atoms with Crippen molar-refractivity contribution in [2.75, 3.05) is 69.2 Å². The van der Waals surface area contributed by atoms with Gasteiger partial charge in [0.1, 0.15) is 16.5 Å². The second-order valence-electron chi connectivity index (χ2n) is 7.71. The number of nitrogens with zero attached hydrogens (tertiary/aromatic N) is 5. The van der Waals surface area contributed by atoms with Gasteiger partial charge in [-0.3, -0.25) is 9.69 Å². The third kappa shape index (κ3) is 5.60. The number of aromatic nitrogens is 2. The van der Waals surface area contributed by atoms with Gasteiger partial charge in [0, 0.05) is 64.6 Å². The Morgan fingerprint density at radius 2 is 1.78 bits per heavy atom. The highest BCUT2D eigenvalue weighted by atomic mass is 32.2. The number of pyridine rings is 2. The summed E-state index contributed by atoms with van der Waals surface area (Å²) in [5.41, 5.74) is 0. The van der Waals surface area contributed by atoms with Gasteiger partial charge in [0.15, 0.2) is 0 Å². The Labute approximate surface area is 188 Å². The van der Waals surface area contributed by atoms with Crippen molar-refractivity contribution in [1.29, 1.82) is 0 Å². The SMILES string of the molecule is O=C(CCN1CCN(c2ccc(S(=O)(=O)N3CCOCC3)cn2)CC1)Nc1ccccn1. The molecule has 2 fully saturated rings. The Morgan fingerprint density at radius 1 is 1.00 bits per heavy atom. The van der Waals surface area contributed by atoms with E-state index in [2.05, 4.69) is 25.1 Å². The van der Waals surface area contributed by atoms with Crippen LogP contribution in [0.1, 0.15) is 6.42 Å². The van der Waals surface area contributed by atoms with E-state index in [1.807, 2.05) is 6.07 Å². The van der Waals surface area contributed by atoms with Crippen molar-refractivity contribution < 1.29 is 17.9 Å². The molecule has 0 unspecified atom stereocenters. The lowest BCUT2D eigenvalue weighted by molar-refractivity contribution is -0.116. The van der Waals surface area contributed by atoms with Gasteiger partial charge < -0.3 is 15.0 Å². The van der Waals surface area contributed by atoms with Gasteiger partial charge >= 0.3 is 0 Å². The molecule has 10 nitrogen and oxygen atoms in total. The zero-order valence-corrected chi connectivity index (χ0v) is 18.7. The number of hydrogen-bond donors (Lipinski definition) is 1. The van der Waals surface area contributed by atoms with Gasteiger partial charge in [-0.2, -0.15) is 4.31 Å². The molecule has 0 saturated carbocycles. The number of amides is 1. The van der Waals surface area contributed by atoms with E-state index in [1.54, 1.807) is 30.5 Å². The Morgan fingerprint density at radius 3 is 2.44 bits per heavy atom. The number of morpholine rings is 1. The fourth-order valence-corrected chi connectivity index (χ4v) is 5.10. The molecule has 2 aromatic heterocycles. The predicted molar refractivity (Wildman–Crippen MR) is 120 cm³/mol. The summed E-state index contributed by atoms with van der Waals surface area (Å²) in [5, 5.41) is 2.80. The minimum Gasteiger partial charge on any atom is -0.379 e. The van der Waals surface area contributed by atoms with E-state index < -0.39 is 10.0 Å². The molecule has 0 radical (unpaired) electrons. The summed E-state index contributed by atoms with van der Waals surface area (Å²) in [6, 6.07) is 8.80. The average Bonchev–Trinajstić information content (AvgIpc) is 2.84. The molecule has 4 rings (SSSR count). The zero-order chi connectivity index (χ0) is 22.4. The monoisotopic (exact) mass is 460 g/mol. The lowest BCUT2D eigenvalue weighted by Gasteiger charge is -2.35. The van der Waals surface area contributed by atoms with Crippen molar-refractivity contribution in [3.63, 3.8) is 0 Å². The third-order valence-electron chi connectivity index (χ3n) is 5.61. The lowest BCUT2D eigenvalue weighted by Crippen LogP contribution is -2.47. The number of carbonyl (C=O) groups is 1. The molecule has 2 saturated heterocycles. The molecule has 0 spiro atoms. The summed E-state index contributed by atoms with van der Waals surface area (Å²) in [6.45, 7) is 5.40. The van der Waals surface area contributed by atoms with E-state index >= 15 is 0 Å². The van der Waals surface area contributed by atoms with Crippen molar-refractivity contribution in [3.05, 3.63) is 42.7 Å². The maximum absolute atomic E-state index is 12.7. The minimum atomic E-state index is -3.53. The van der Waals surface area contributed by atoms with Crippen molar-refractivity contribution in [3.8, 4) is 0 Å². The normalized spacial score (nSPS) is 18.4. The standard InChI is InChI=1S/C21H28N6O4S/c28-21(24-19-3-1-2-7-22-19)6-8-25-9-11-26(12-10-25)20-5-4-18(17-23-20)32(29,30)27-13-15-31-16-14-27/h1-5,7,17H,6,8-16H2,(H,22,24,28). The number of anilines is 2. The predicted octanol–water partition coefficient (Wildman–Crippen LogP) is 0.648. The Balaban J connectivity index is 1.25. The number of hydrogen-bond acceptors (Lipinski definition) is 8. The van der Waals surface area contributed by atoms with Crippen LogP contribution < -0.4 is 10.2 Å². The molecule has 4 heterocycles. The van der Waals surface area contributed by atoms with Crippen LogP contribution in [0.4, 0.5) is 11.6 Å². The van der Waals surface area contributed by atoms with E-state index in [-0.39, 0.29) is 10.8 Å². The minimum absolute atomic E-state index is 0.0511. The summed E-state index contributed by atoms with van der Waals surface area (Å²) < 4.78 is 32.1. The second kappa shape index (κ2) is 10.3. The molecule has 2 aromatic rings. The highest BCUT2D eigenvalue weighted by Crippen LogP contribution is 2.20. The van der Waals surface area contributed by atoms with Gasteiger partial charge in [-0.15, -0.1) is 0 Å². The van der Waals surface area contributed by atoms with Crippen molar-refractivity contribution in [2.45, 2.75) is 11.3 Å². The Hall–Kier alpha value is -2.60. The molecular weight excluding hydrogens is 432 g/mol. The van der Waals surface area contributed by atoms with Gasteiger partial charge in [-0.05, 0) is 24.3 Å². The molecule has 0 bridgehead atoms. The summed E-state index contributed by atoms with van der Waals surface area (Å²) >= 11 is 0. The van der Waals surface area contributed by atoms with Crippen LogP contribution >= 0.6 is 0 Å². The number of ether oxygens (including phenoxy) is 1. The maximum Gasteiger partial charge on any atom is 0.244 e. The van der Waals surface area contributed by atoms with Crippen LogP contribution in [-0.4, -0.2) is 92.5 Å². The van der Waals surface area contributed by atoms with Gasteiger partial charge in [-0.25, -0.2) is 18.4 Å². The van der Waals surface area contributed by atoms with E-state index in [0.717, 1.165) is 32.0 Å². The number of nitrogens with one attached hydrogen (secondary N) is 1. The number of piperazine rings is 1. The molecular formula is C21H28N6O4S. The second-order valence-corrected chi connectivity index (χ2v) is 9.65. The Bertz CT molecular complexity index is 989. The Kier molecular flexibility index (Phi) is 7.30. The molecule has 32 heavy (non-hydrogen) atoms. The first kappa shape index (κ1) is 22.6. The van der Waals surface area contributed by atoms with E-state index in [9.17, 15) is 13.2 Å². The molecule has 0 atom stereocenters. The summed E-state index contributed by atoms with van der Waals surface area (Å²) in [7, 11) is -3.53. The quantitative estimate of drug-likeness (QED) is 0.642. The van der Waals surface area contributed by atoms with Crippen LogP contribution in [0.3, 0.4) is 0 Å². The summed E-state index contributed by atoms with van der Waals surface area (Å²) in [5.74, 6) is 1.27. The van der Waals surface area contributed by atoms with Crippen molar-refractivity contribution in [1.82, 2.24) is 19.2 Å². The number of sulfonamides is 1. The maximum atomic E-state index is 12.7. The lowest BCUT2D eigenvalue weighted by atomic mass is 10.2. The van der Waals surface area contributed by atoms with Crippen LogP contribution in [0, 0.1) is 0 Å². The van der Waals surface area contributed by atoms with Gasteiger partial charge in [0.2, 0.25) is 15.9 Å². The van der Waals surface area contributed by atoms with Gasteiger partial charge in [0.05, 0.1) is 13.2 Å². The summed E-state index contributed by atoms with van der Waals surface area (Å²) in [6.07, 6.45) is 3.49. The highest BCUT2D eigenvalue weighted by Gasteiger charge is 2.27. The van der Waals surface area contributed by atoms with Crippen LogP contribution in [-0.2, 0) is 19.6 Å². The largest absolute Gasteiger partial charge is 0.379 e. The van der Waals surface area contributed by atoms with Gasteiger partial charge in [-0.1, -0.05) is 6.07 Å². The van der Waals surface area contributed by atoms with Gasteiger partial charge in [0.25, 0.3) is 0 Å². The fraction of sp³-hybridized carbons (Fsp3) is 0.476. The molecule has 2 aliphatic rings. The van der Waals surface area contributed by atoms with Crippen LogP contribution in [0.5, 0.6) is 0 Å². The smallest absolute Gasteiger partial charge is 0.244 e. The first-order valence-electron chi connectivity index (χ1n) is 10.7. The first-order valence-corrected chi connectivity index (χ1v) is 12.2. The average molecular weight is 461 g/mol. The zero-order valence-electron chi connectivity index (χ0n) is 17.9. The molecule has 1 amide bonds. The van der Waals surface area contributed by atoms with Crippen LogP contribution in [0.2, 0.25) is 0 Å². The number of rotatable bonds is 7. The molecule has 11 heteroatoms. The molecule has 0 aliphatic carbocycles. The molecule has 2 aliphatic heterocycles. The molecule has 0 aromatic carbocycles. The first-order chi connectivity index (χ1) is 15.5.